The maximum Gasteiger partial charge on any atom is 0.185 e. The van der Waals surface area contributed by atoms with Crippen LogP contribution in [0.25, 0.3) is 0 Å². The van der Waals surface area contributed by atoms with Crippen LogP contribution in [0.15, 0.2) is 24.3 Å². The van der Waals surface area contributed by atoms with Crippen molar-refractivity contribution in [1.29, 1.82) is 0 Å². The highest BCUT2D eigenvalue weighted by Gasteiger charge is 2.22. The summed E-state index contributed by atoms with van der Waals surface area (Å²) in [5.74, 6) is 0.219. The van der Waals surface area contributed by atoms with Gasteiger partial charge in [-0.3, -0.25) is 4.79 Å². The van der Waals surface area contributed by atoms with E-state index in [2.05, 4.69) is 0 Å². The van der Waals surface area contributed by atoms with Crippen LogP contribution in [0.5, 0.6) is 0 Å². The predicted molar refractivity (Wildman–Crippen MR) is 83.7 cm³/mol. The Morgan fingerprint density at radius 2 is 1.90 bits per heavy atom. The first-order valence-electron chi connectivity index (χ1n) is 6.45. The smallest absolute Gasteiger partial charge is 0.185 e. The third-order valence-corrected chi connectivity index (χ3v) is 4.56. The normalized spacial score (nSPS) is 14.7. The number of benzene rings is 1. The van der Waals surface area contributed by atoms with Crippen LogP contribution in [-0.2, 0) is 20.4 Å². The van der Waals surface area contributed by atoms with Crippen LogP contribution >= 0.6 is 11.8 Å². The molecule has 0 spiro atoms. The minimum atomic E-state index is -3.23. The second-order valence-corrected chi connectivity index (χ2v) is 8.32. The number of hydrogen-bond donors (Lipinski definition) is 2. The molecule has 0 amide bonds. The van der Waals surface area contributed by atoms with Crippen molar-refractivity contribution in [3.63, 3.8) is 0 Å². The summed E-state index contributed by atoms with van der Waals surface area (Å²) >= 11 is 1.08. The Kier molecular flexibility index (Phi) is 6.86. The molecule has 0 fully saturated rings. The first-order valence-corrected chi connectivity index (χ1v) is 9.50. The molecule has 0 heterocycles. The quantitative estimate of drug-likeness (QED) is 0.782. The summed E-state index contributed by atoms with van der Waals surface area (Å²) in [4.78, 5) is 10.8. The molecule has 0 aliphatic heterocycles. The van der Waals surface area contributed by atoms with Crippen molar-refractivity contribution in [3.8, 4) is 0 Å². The van der Waals surface area contributed by atoms with Gasteiger partial charge in [0.25, 0.3) is 0 Å². The average molecular weight is 332 g/mol. The molecule has 118 valence electrons. The van der Waals surface area contributed by atoms with Crippen molar-refractivity contribution < 1.29 is 23.4 Å². The molecule has 2 unspecified atom stereocenters. The predicted octanol–water partition coefficient (Wildman–Crippen LogP) is 1.30. The molecule has 0 aromatic heterocycles. The van der Waals surface area contributed by atoms with Crippen molar-refractivity contribution >= 4 is 26.7 Å². The Morgan fingerprint density at radius 1 is 1.29 bits per heavy atom. The van der Waals surface area contributed by atoms with Crippen molar-refractivity contribution in [2.24, 2.45) is 0 Å². The SMILES string of the molecule is CC(=O)SCCC(O)C(O)c1ccccc1CS(C)(=O)=O. The Bertz CT molecular complexity index is 583. The van der Waals surface area contributed by atoms with Crippen LogP contribution in [-0.4, -0.2) is 41.9 Å². The molecule has 1 aromatic rings. The van der Waals surface area contributed by atoms with Gasteiger partial charge in [0.15, 0.2) is 15.0 Å². The molecule has 1 rings (SSSR count). The second kappa shape index (κ2) is 7.93. The minimum Gasteiger partial charge on any atom is -0.390 e. The summed E-state index contributed by atoms with van der Waals surface area (Å²) < 4.78 is 22.8. The van der Waals surface area contributed by atoms with Gasteiger partial charge in [-0.1, -0.05) is 36.0 Å². The Hall–Kier alpha value is -0.890. The molecule has 2 N–H and O–H groups in total. The molecule has 5 nitrogen and oxygen atoms in total. The summed E-state index contributed by atoms with van der Waals surface area (Å²) in [6.07, 6.45) is -0.845. The fourth-order valence-electron chi connectivity index (χ4n) is 1.93. The number of thioether (sulfide) groups is 1. The third-order valence-electron chi connectivity index (χ3n) is 2.87. The van der Waals surface area contributed by atoms with Gasteiger partial charge in [0, 0.05) is 18.9 Å². The maximum atomic E-state index is 11.4. The minimum absolute atomic E-state index is 0.0471. The van der Waals surface area contributed by atoms with E-state index in [0.29, 0.717) is 16.9 Å². The highest BCUT2D eigenvalue weighted by atomic mass is 32.2. The number of rotatable bonds is 7. The molecule has 0 saturated heterocycles. The molecule has 2 atom stereocenters. The van der Waals surface area contributed by atoms with Gasteiger partial charge in [0.05, 0.1) is 11.9 Å². The summed E-state index contributed by atoms with van der Waals surface area (Å²) in [6, 6.07) is 6.60. The molecule has 1 aromatic carbocycles. The third kappa shape index (κ3) is 6.60. The number of carbonyl (C=O) groups excluding carboxylic acids is 1. The van der Waals surface area contributed by atoms with E-state index in [9.17, 15) is 23.4 Å². The molecular weight excluding hydrogens is 312 g/mol. The number of carbonyl (C=O) groups is 1. The number of aliphatic hydroxyl groups excluding tert-OH is 2. The molecule has 7 heteroatoms. The first-order chi connectivity index (χ1) is 9.70. The van der Waals surface area contributed by atoms with E-state index in [1.54, 1.807) is 24.3 Å². The van der Waals surface area contributed by atoms with Gasteiger partial charge in [-0.05, 0) is 17.5 Å². The van der Waals surface area contributed by atoms with Gasteiger partial charge in [-0.15, -0.1) is 0 Å². The topological polar surface area (TPSA) is 91.7 Å². The highest BCUT2D eigenvalue weighted by Crippen LogP contribution is 2.25. The van der Waals surface area contributed by atoms with Crippen LogP contribution in [0.3, 0.4) is 0 Å². The van der Waals surface area contributed by atoms with E-state index in [1.165, 1.54) is 6.92 Å². The molecular formula is C14H20O5S2. The number of sulfone groups is 1. The summed E-state index contributed by atoms with van der Waals surface area (Å²) in [6.45, 7) is 1.44. The van der Waals surface area contributed by atoms with E-state index in [0.717, 1.165) is 18.0 Å². The largest absolute Gasteiger partial charge is 0.390 e. The zero-order chi connectivity index (χ0) is 16.0. The number of aliphatic hydroxyl groups is 2. The van der Waals surface area contributed by atoms with Crippen molar-refractivity contribution in [2.75, 3.05) is 12.0 Å². The zero-order valence-electron chi connectivity index (χ0n) is 12.0. The standard InChI is InChI=1S/C14H20O5S2/c1-10(15)20-8-7-13(16)14(17)12-6-4-3-5-11(12)9-21(2,18)19/h3-6,13-14,16-17H,7-9H2,1-2H3. The molecule has 21 heavy (non-hydrogen) atoms. The zero-order valence-corrected chi connectivity index (χ0v) is 13.7. The van der Waals surface area contributed by atoms with Crippen molar-refractivity contribution in [1.82, 2.24) is 0 Å². The lowest BCUT2D eigenvalue weighted by Crippen LogP contribution is -2.21. The van der Waals surface area contributed by atoms with E-state index < -0.39 is 22.0 Å². The van der Waals surface area contributed by atoms with Gasteiger partial charge in [0.1, 0.15) is 6.10 Å². The van der Waals surface area contributed by atoms with Crippen LogP contribution in [0.2, 0.25) is 0 Å². The molecule has 0 aliphatic rings. The lowest BCUT2D eigenvalue weighted by molar-refractivity contribution is -0.109. The highest BCUT2D eigenvalue weighted by molar-refractivity contribution is 8.13. The van der Waals surface area contributed by atoms with Crippen LogP contribution in [0.1, 0.15) is 30.6 Å². The molecule has 0 saturated carbocycles. The molecule has 0 bridgehead atoms. The second-order valence-electron chi connectivity index (χ2n) is 4.91. The van der Waals surface area contributed by atoms with Crippen molar-refractivity contribution in [2.45, 2.75) is 31.3 Å². The molecule has 0 radical (unpaired) electrons. The number of hydrogen-bond acceptors (Lipinski definition) is 6. The average Bonchev–Trinajstić information content (AvgIpc) is 2.36. The van der Waals surface area contributed by atoms with Gasteiger partial charge in [-0.2, -0.15) is 0 Å². The van der Waals surface area contributed by atoms with Gasteiger partial charge in [0.2, 0.25) is 0 Å². The maximum absolute atomic E-state index is 11.4. The fraction of sp³-hybridized carbons (Fsp3) is 0.500. The lowest BCUT2D eigenvalue weighted by Gasteiger charge is -2.20. The van der Waals surface area contributed by atoms with Crippen molar-refractivity contribution in [3.05, 3.63) is 35.4 Å². The lowest BCUT2D eigenvalue weighted by atomic mass is 9.98. The van der Waals surface area contributed by atoms with E-state index >= 15 is 0 Å². The van der Waals surface area contributed by atoms with Crippen LogP contribution in [0, 0.1) is 0 Å². The Labute approximate surface area is 129 Å². The van der Waals surface area contributed by atoms with E-state index in [1.807, 2.05) is 0 Å². The fourth-order valence-corrected chi connectivity index (χ4v) is 3.40. The Balaban J connectivity index is 2.81. The van der Waals surface area contributed by atoms with Gasteiger partial charge in [-0.25, -0.2) is 8.42 Å². The summed E-state index contributed by atoms with van der Waals surface area (Å²) in [7, 11) is -3.23. The molecule has 0 aliphatic carbocycles. The summed E-state index contributed by atoms with van der Waals surface area (Å²) in [5, 5.41) is 20.1. The first kappa shape index (κ1) is 18.2. The van der Waals surface area contributed by atoms with Gasteiger partial charge >= 0.3 is 0 Å². The van der Waals surface area contributed by atoms with E-state index in [-0.39, 0.29) is 17.3 Å². The monoisotopic (exact) mass is 332 g/mol. The van der Waals surface area contributed by atoms with Crippen LogP contribution in [0.4, 0.5) is 0 Å². The summed E-state index contributed by atoms with van der Waals surface area (Å²) in [5.41, 5.74) is 0.883. The Morgan fingerprint density at radius 3 is 2.48 bits per heavy atom. The van der Waals surface area contributed by atoms with Gasteiger partial charge < -0.3 is 10.2 Å². The van der Waals surface area contributed by atoms with E-state index in [4.69, 9.17) is 0 Å². The van der Waals surface area contributed by atoms with Crippen LogP contribution < -0.4 is 0 Å².